The van der Waals surface area contributed by atoms with Crippen LogP contribution in [0.1, 0.15) is 16.2 Å². The Kier molecular flexibility index (Phi) is 2.61. The number of pyridine rings is 1. The van der Waals surface area contributed by atoms with E-state index in [1.807, 2.05) is 24.3 Å². The molecule has 1 N–H and O–H groups in total. The van der Waals surface area contributed by atoms with Gasteiger partial charge >= 0.3 is 0 Å². The van der Waals surface area contributed by atoms with Gasteiger partial charge in [0, 0.05) is 29.5 Å². The van der Waals surface area contributed by atoms with Crippen LogP contribution in [-0.2, 0) is 6.42 Å². The van der Waals surface area contributed by atoms with E-state index in [0.29, 0.717) is 17.8 Å². The van der Waals surface area contributed by atoms with E-state index in [4.69, 9.17) is 0 Å². The van der Waals surface area contributed by atoms with Crippen LogP contribution >= 0.6 is 0 Å². The Bertz CT molecular complexity index is 689. The lowest BCUT2D eigenvalue weighted by Gasteiger charge is -2.01. The minimum absolute atomic E-state index is 0.0516. The molecule has 0 aliphatic rings. The zero-order chi connectivity index (χ0) is 12.4. The number of hydrogen-bond donors (Lipinski definition) is 1. The van der Waals surface area contributed by atoms with Gasteiger partial charge in [-0.2, -0.15) is 0 Å². The highest BCUT2D eigenvalue weighted by molar-refractivity contribution is 6.00. The van der Waals surface area contributed by atoms with Crippen molar-refractivity contribution in [2.75, 3.05) is 0 Å². The lowest BCUT2D eigenvalue weighted by Crippen LogP contribution is -2.04. The van der Waals surface area contributed by atoms with Crippen molar-refractivity contribution >= 4 is 16.7 Å². The number of nitrogens with one attached hydrogen (secondary N) is 1. The molecule has 0 bridgehead atoms. The van der Waals surface area contributed by atoms with Crippen LogP contribution in [0.4, 0.5) is 0 Å². The van der Waals surface area contributed by atoms with Gasteiger partial charge in [-0.15, -0.1) is 0 Å². The van der Waals surface area contributed by atoms with Gasteiger partial charge in [-0.3, -0.25) is 9.78 Å². The van der Waals surface area contributed by atoms with Gasteiger partial charge in [-0.1, -0.05) is 6.07 Å². The molecule has 4 nitrogen and oxygen atoms in total. The predicted octanol–water partition coefficient (Wildman–Crippen LogP) is 2.38. The van der Waals surface area contributed by atoms with Crippen LogP contribution in [0, 0.1) is 0 Å². The minimum Gasteiger partial charge on any atom is -0.348 e. The smallest absolute Gasteiger partial charge is 0.170 e. The quantitative estimate of drug-likeness (QED) is 0.711. The number of rotatable bonds is 3. The SMILES string of the molecule is O=C(Cc1ncc[nH]1)c1ccc2ncccc2c1. The van der Waals surface area contributed by atoms with Gasteiger partial charge in [-0.05, 0) is 24.3 Å². The fraction of sp³-hybridized carbons (Fsp3) is 0.0714. The Hall–Kier alpha value is -2.49. The first kappa shape index (κ1) is 10.7. The molecule has 0 aliphatic heterocycles. The predicted molar refractivity (Wildman–Crippen MR) is 68.4 cm³/mol. The second-order valence-corrected chi connectivity index (χ2v) is 4.05. The molecule has 1 aromatic carbocycles. The summed E-state index contributed by atoms with van der Waals surface area (Å²) in [6, 6.07) is 9.36. The van der Waals surface area contributed by atoms with Crippen molar-refractivity contribution in [3.05, 3.63) is 60.3 Å². The number of fused-ring (bicyclic) bond motifs is 1. The lowest BCUT2D eigenvalue weighted by atomic mass is 10.1. The number of aromatic amines is 1. The van der Waals surface area contributed by atoms with E-state index in [0.717, 1.165) is 10.9 Å². The van der Waals surface area contributed by atoms with Crippen LogP contribution in [0.2, 0.25) is 0 Å². The largest absolute Gasteiger partial charge is 0.348 e. The molecule has 4 heteroatoms. The number of imidazole rings is 1. The maximum Gasteiger partial charge on any atom is 0.170 e. The number of Topliss-reactive ketones (excluding diaryl/α,β-unsaturated/α-hetero) is 1. The van der Waals surface area contributed by atoms with Crippen LogP contribution in [0.5, 0.6) is 0 Å². The van der Waals surface area contributed by atoms with E-state index in [9.17, 15) is 4.79 Å². The first-order chi connectivity index (χ1) is 8.83. The Morgan fingerprint density at radius 3 is 2.94 bits per heavy atom. The third-order valence-corrected chi connectivity index (χ3v) is 2.81. The molecule has 3 aromatic rings. The fourth-order valence-electron chi connectivity index (χ4n) is 1.90. The molecule has 0 spiro atoms. The normalized spacial score (nSPS) is 10.7. The van der Waals surface area contributed by atoms with Gasteiger partial charge in [0.05, 0.1) is 11.9 Å². The topological polar surface area (TPSA) is 58.6 Å². The summed E-state index contributed by atoms with van der Waals surface area (Å²) in [6.45, 7) is 0. The first-order valence-corrected chi connectivity index (χ1v) is 5.69. The molecule has 3 rings (SSSR count). The molecule has 0 amide bonds. The molecular formula is C14H11N3O. The van der Waals surface area contributed by atoms with Crippen LogP contribution in [0.3, 0.4) is 0 Å². The number of hydrogen-bond acceptors (Lipinski definition) is 3. The molecule has 0 atom stereocenters. The van der Waals surface area contributed by atoms with Crippen molar-refractivity contribution < 1.29 is 4.79 Å². The molecule has 0 radical (unpaired) electrons. The number of aromatic nitrogens is 3. The highest BCUT2D eigenvalue weighted by Gasteiger charge is 2.09. The molecule has 0 unspecified atom stereocenters. The standard InChI is InChI=1S/C14H11N3O/c18-13(9-14-16-6-7-17-14)11-3-4-12-10(8-11)2-1-5-15-12/h1-8H,9H2,(H,16,17). The van der Waals surface area contributed by atoms with Crippen LogP contribution in [0.15, 0.2) is 48.9 Å². The molecule has 88 valence electrons. The Labute approximate surface area is 104 Å². The molecular weight excluding hydrogens is 226 g/mol. The molecule has 0 fully saturated rings. The maximum atomic E-state index is 12.1. The fourth-order valence-corrected chi connectivity index (χ4v) is 1.90. The summed E-state index contributed by atoms with van der Waals surface area (Å²) in [4.78, 5) is 23.3. The Morgan fingerprint density at radius 1 is 1.17 bits per heavy atom. The summed E-state index contributed by atoms with van der Waals surface area (Å²) < 4.78 is 0. The van der Waals surface area contributed by atoms with E-state index in [1.54, 1.807) is 24.7 Å². The number of carbonyl (C=O) groups excluding carboxylic acids is 1. The highest BCUT2D eigenvalue weighted by atomic mass is 16.1. The van der Waals surface area contributed by atoms with Crippen molar-refractivity contribution in [1.29, 1.82) is 0 Å². The third-order valence-electron chi connectivity index (χ3n) is 2.81. The van der Waals surface area contributed by atoms with E-state index in [2.05, 4.69) is 15.0 Å². The average molecular weight is 237 g/mol. The zero-order valence-corrected chi connectivity index (χ0v) is 9.63. The van der Waals surface area contributed by atoms with Gasteiger partial charge in [0.15, 0.2) is 5.78 Å². The van der Waals surface area contributed by atoms with E-state index >= 15 is 0 Å². The maximum absolute atomic E-state index is 12.1. The molecule has 2 heterocycles. The van der Waals surface area contributed by atoms with E-state index in [1.165, 1.54) is 0 Å². The van der Waals surface area contributed by atoms with Crippen molar-refractivity contribution in [3.63, 3.8) is 0 Å². The summed E-state index contributed by atoms with van der Waals surface area (Å²) in [6.07, 6.45) is 5.39. The van der Waals surface area contributed by atoms with E-state index < -0.39 is 0 Å². The molecule has 0 aliphatic carbocycles. The van der Waals surface area contributed by atoms with Crippen molar-refractivity contribution in [3.8, 4) is 0 Å². The molecule has 0 saturated heterocycles. The molecule has 18 heavy (non-hydrogen) atoms. The first-order valence-electron chi connectivity index (χ1n) is 5.69. The number of H-pyrrole nitrogens is 1. The monoisotopic (exact) mass is 237 g/mol. The van der Waals surface area contributed by atoms with Crippen molar-refractivity contribution in [1.82, 2.24) is 15.0 Å². The highest BCUT2D eigenvalue weighted by Crippen LogP contribution is 2.14. The summed E-state index contributed by atoms with van der Waals surface area (Å²) in [5.41, 5.74) is 1.58. The number of ketones is 1. The average Bonchev–Trinajstić information content (AvgIpc) is 2.91. The zero-order valence-electron chi connectivity index (χ0n) is 9.63. The van der Waals surface area contributed by atoms with Gasteiger partial charge in [0.2, 0.25) is 0 Å². The Morgan fingerprint density at radius 2 is 2.11 bits per heavy atom. The van der Waals surface area contributed by atoms with Crippen molar-refractivity contribution in [2.45, 2.75) is 6.42 Å². The van der Waals surface area contributed by atoms with Crippen molar-refractivity contribution in [2.24, 2.45) is 0 Å². The number of carbonyl (C=O) groups is 1. The number of benzene rings is 1. The summed E-state index contributed by atoms with van der Waals surface area (Å²) in [5.74, 6) is 0.738. The van der Waals surface area contributed by atoms with Crippen LogP contribution < -0.4 is 0 Å². The van der Waals surface area contributed by atoms with E-state index in [-0.39, 0.29) is 5.78 Å². The summed E-state index contributed by atoms with van der Waals surface area (Å²) in [7, 11) is 0. The molecule has 0 saturated carbocycles. The third kappa shape index (κ3) is 2.00. The van der Waals surface area contributed by atoms with Gasteiger partial charge in [0.25, 0.3) is 0 Å². The van der Waals surface area contributed by atoms with Crippen LogP contribution in [-0.4, -0.2) is 20.7 Å². The van der Waals surface area contributed by atoms with Crippen LogP contribution in [0.25, 0.3) is 10.9 Å². The van der Waals surface area contributed by atoms with Gasteiger partial charge in [-0.25, -0.2) is 4.98 Å². The second kappa shape index (κ2) is 4.41. The number of nitrogens with zero attached hydrogens (tertiary/aromatic N) is 2. The van der Waals surface area contributed by atoms with Gasteiger partial charge in [0.1, 0.15) is 5.82 Å². The second-order valence-electron chi connectivity index (χ2n) is 4.05. The minimum atomic E-state index is 0.0516. The summed E-state index contributed by atoms with van der Waals surface area (Å²) >= 11 is 0. The molecule has 2 aromatic heterocycles. The lowest BCUT2D eigenvalue weighted by molar-refractivity contribution is 0.0991. The van der Waals surface area contributed by atoms with Gasteiger partial charge < -0.3 is 4.98 Å². The summed E-state index contributed by atoms with van der Waals surface area (Å²) in [5, 5.41) is 0.975. The Balaban J connectivity index is 1.92.